The molecule has 0 aliphatic carbocycles. The van der Waals surface area contributed by atoms with Crippen LogP contribution in [0.25, 0.3) is 0 Å². The molecule has 0 aromatic carbocycles. The van der Waals surface area contributed by atoms with Crippen LogP contribution in [0.1, 0.15) is 23.2 Å². The van der Waals surface area contributed by atoms with E-state index in [1.54, 1.807) is 6.07 Å². The number of pyridine rings is 1. The maximum Gasteiger partial charge on any atom is 0.365 e. The van der Waals surface area contributed by atoms with Crippen LogP contribution in [-0.2, 0) is 6.42 Å². The van der Waals surface area contributed by atoms with E-state index in [0.29, 0.717) is 6.07 Å². The topological polar surface area (TPSA) is 104 Å². The highest BCUT2D eigenvalue weighted by atomic mass is 19.3. The summed E-state index contributed by atoms with van der Waals surface area (Å²) in [5.41, 5.74) is -1.69. The van der Waals surface area contributed by atoms with Crippen LogP contribution in [0, 0.1) is 32.8 Å². The van der Waals surface area contributed by atoms with Crippen molar-refractivity contribution < 1.29 is 13.7 Å². The zero-order valence-electron chi connectivity index (χ0n) is 8.22. The summed E-state index contributed by atoms with van der Waals surface area (Å²) in [4.78, 5) is 12.9. The summed E-state index contributed by atoms with van der Waals surface area (Å²) in [6, 6.07) is 3.68. The van der Waals surface area contributed by atoms with Gasteiger partial charge in [-0.2, -0.15) is 10.5 Å². The number of hydrogen-bond acceptors (Lipinski definition) is 5. The molecule has 6 nitrogen and oxygen atoms in total. The molecular weight excluding hydrogens is 234 g/mol. The molecule has 1 heterocycles. The third kappa shape index (κ3) is 2.49. The first-order valence-corrected chi connectivity index (χ1v) is 4.24. The molecule has 0 bridgehead atoms. The molecule has 8 heteroatoms. The van der Waals surface area contributed by atoms with Crippen molar-refractivity contribution in [3.63, 3.8) is 0 Å². The van der Waals surface area contributed by atoms with Gasteiger partial charge in [0.15, 0.2) is 5.69 Å². The SMILES string of the molecule is N#CCc1nc([N+](=O)[O-])cc(C#N)c1C(F)F. The van der Waals surface area contributed by atoms with Gasteiger partial charge in [0.1, 0.15) is 12.5 Å². The molecule has 0 amide bonds. The van der Waals surface area contributed by atoms with Gasteiger partial charge in [-0.1, -0.05) is 0 Å². The first-order valence-electron chi connectivity index (χ1n) is 4.24. The van der Waals surface area contributed by atoms with Crippen molar-refractivity contribution in [1.82, 2.24) is 4.98 Å². The van der Waals surface area contributed by atoms with Gasteiger partial charge in [0.05, 0.1) is 23.3 Å². The van der Waals surface area contributed by atoms with E-state index in [2.05, 4.69) is 4.98 Å². The highest BCUT2D eigenvalue weighted by Gasteiger charge is 2.26. The number of alkyl halides is 2. The molecule has 0 radical (unpaired) electrons. The number of aromatic nitrogens is 1. The summed E-state index contributed by atoms with van der Waals surface area (Å²) in [6.45, 7) is 0. The van der Waals surface area contributed by atoms with Crippen molar-refractivity contribution in [2.24, 2.45) is 0 Å². The standard InChI is InChI=1S/C9H4F2N4O2/c10-9(11)8-5(4-13)3-7(15(16)17)14-6(8)1-2-12/h3,9H,1H2. The number of hydrogen-bond donors (Lipinski definition) is 0. The Labute approximate surface area is 93.9 Å². The Balaban J connectivity index is 3.53. The maximum atomic E-state index is 12.7. The summed E-state index contributed by atoms with van der Waals surface area (Å²) in [5, 5.41) is 27.6. The molecular formula is C9H4F2N4O2. The van der Waals surface area contributed by atoms with E-state index < -0.39 is 40.4 Å². The average molecular weight is 238 g/mol. The summed E-state index contributed by atoms with van der Waals surface area (Å²) in [7, 11) is 0. The van der Waals surface area contributed by atoms with Gasteiger partial charge in [0.25, 0.3) is 6.43 Å². The van der Waals surface area contributed by atoms with Crippen molar-refractivity contribution in [1.29, 1.82) is 10.5 Å². The van der Waals surface area contributed by atoms with Crippen LogP contribution in [0.5, 0.6) is 0 Å². The van der Waals surface area contributed by atoms with E-state index in [1.165, 1.54) is 6.07 Å². The minimum atomic E-state index is -3.01. The van der Waals surface area contributed by atoms with Crippen LogP contribution in [0.15, 0.2) is 6.07 Å². The lowest BCUT2D eigenvalue weighted by Crippen LogP contribution is -2.05. The van der Waals surface area contributed by atoms with Gasteiger partial charge in [-0.25, -0.2) is 8.78 Å². The van der Waals surface area contributed by atoms with E-state index in [-0.39, 0.29) is 0 Å². The monoisotopic (exact) mass is 238 g/mol. The zero-order chi connectivity index (χ0) is 13.0. The van der Waals surface area contributed by atoms with Crippen molar-refractivity contribution in [2.75, 3.05) is 0 Å². The molecule has 0 spiro atoms. The van der Waals surface area contributed by atoms with Gasteiger partial charge in [-0.15, -0.1) is 0 Å². The van der Waals surface area contributed by atoms with Crippen LogP contribution in [0.4, 0.5) is 14.6 Å². The molecule has 0 N–H and O–H groups in total. The van der Waals surface area contributed by atoms with E-state index >= 15 is 0 Å². The van der Waals surface area contributed by atoms with Crippen LogP contribution < -0.4 is 0 Å². The first kappa shape index (κ1) is 12.5. The maximum absolute atomic E-state index is 12.7. The summed E-state index contributed by atoms with van der Waals surface area (Å²) >= 11 is 0. The molecule has 0 saturated heterocycles. The average Bonchev–Trinajstić information content (AvgIpc) is 2.27. The Morgan fingerprint density at radius 2 is 2.18 bits per heavy atom. The summed E-state index contributed by atoms with van der Waals surface area (Å²) in [5.74, 6) is -0.726. The predicted molar refractivity (Wildman–Crippen MR) is 49.9 cm³/mol. The molecule has 17 heavy (non-hydrogen) atoms. The molecule has 0 aliphatic heterocycles. The van der Waals surface area contributed by atoms with Crippen LogP contribution in [-0.4, -0.2) is 9.91 Å². The van der Waals surface area contributed by atoms with Crippen molar-refractivity contribution >= 4 is 5.82 Å². The molecule has 0 unspecified atom stereocenters. The molecule has 86 valence electrons. The van der Waals surface area contributed by atoms with E-state index in [9.17, 15) is 18.9 Å². The van der Waals surface area contributed by atoms with Gasteiger partial charge >= 0.3 is 5.82 Å². The van der Waals surface area contributed by atoms with Gasteiger partial charge in [-0.05, 0) is 9.91 Å². The lowest BCUT2D eigenvalue weighted by Gasteiger charge is -2.04. The van der Waals surface area contributed by atoms with Crippen LogP contribution >= 0.6 is 0 Å². The second-order valence-electron chi connectivity index (χ2n) is 2.89. The molecule has 0 fully saturated rings. The highest BCUT2D eigenvalue weighted by Crippen LogP contribution is 2.28. The second-order valence-corrected chi connectivity index (χ2v) is 2.89. The third-order valence-electron chi connectivity index (χ3n) is 1.90. The summed E-state index contributed by atoms with van der Waals surface area (Å²) < 4.78 is 25.3. The van der Waals surface area contributed by atoms with Crippen molar-refractivity contribution in [3.8, 4) is 12.1 Å². The fourth-order valence-corrected chi connectivity index (χ4v) is 1.23. The van der Waals surface area contributed by atoms with Crippen LogP contribution in [0.3, 0.4) is 0 Å². The number of halogens is 2. The largest absolute Gasteiger partial charge is 0.365 e. The molecule has 0 saturated carbocycles. The normalized spacial score (nSPS) is 9.71. The smallest absolute Gasteiger partial charge is 0.358 e. The Hall–Kier alpha value is -2.61. The minimum Gasteiger partial charge on any atom is -0.358 e. The fourth-order valence-electron chi connectivity index (χ4n) is 1.23. The van der Waals surface area contributed by atoms with Crippen molar-refractivity contribution in [2.45, 2.75) is 12.8 Å². The molecule has 1 aromatic rings. The molecule has 1 aromatic heterocycles. The predicted octanol–water partition coefficient (Wildman–Crippen LogP) is 1.87. The lowest BCUT2D eigenvalue weighted by molar-refractivity contribution is -0.389. The Kier molecular flexibility index (Phi) is 3.62. The van der Waals surface area contributed by atoms with Gasteiger partial charge < -0.3 is 10.1 Å². The Morgan fingerprint density at radius 3 is 2.59 bits per heavy atom. The van der Waals surface area contributed by atoms with Gasteiger partial charge in [-0.3, -0.25) is 0 Å². The highest BCUT2D eigenvalue weighted by molar-refractivity contribution is 5.46. The number of nitro groups is 1. The summed E-state index contributed by atoms with van der Waals surface area (Å²) in [6.07, 6.45) is -3.53. The first-order chi connectivity index (χ1) is 8.01. The fraction of sp³-hybridized carbons (Fsp3) is 0.222. The zero-order valence-corrected chi connectivity index (χ0v) is 8.22. The second kappa shape index (κ2) is 4.94. The minimum absolute atomic E-state index is 0.437. The molecule has 0 atom stereocenters. The quantitative estimate of drug-likeness (QED) is 0.590. The third-order valence-corrected chi connectivity index (χ3v) is 1.90. The van der Waals surface area contributed by atoms with E-state index in [0.717, 1.165) is 0 Å². The number of rotatable bonds is 3. The number of nitriles is 2. The van der Waals surface area contributed by atoms with Gasteiger partial charge in [0.2, 0.25) is 0 Å². The Morgan fingerprint density at radius 1 is 1.53 bits per heavy atom. The molecule has 0 aliphatic rings. The molecule has 1 rings (SSSR count). The van der Waals surface area contributed by atoms with Gasteiger partial charge in [0, 0.05) is 0 Å². The van der Waals surface area contributed by atoms with E-state index in [4.69, 9.17) is 10.5 Å². The lowest BCUT2D eigenvalue weighted by atomic mass is 10.1. The van der Waals surface area contributed by atoms with E-state index in [1.807, 2.05) is 0 Å². The number of nitrogens with zero attached hydrogens (tertiary/aromatic N) is 4. The Bertz CT molecular complexity index is 545. The van der Waals surface area contributed by atoms with Crippen molar-refractivity contribution in [3.05, 3.63) is 33.0 Å². The van der Waals surface area contributed by atoms with Crippen LogP contribution in [0.2, 0.25) is 0 Å².